The molecule has 0 aromatic heterocycles. The number of hydroxylamine groups is 2. The number of carbonyl (C=O) groups is 1. The van der Waals surface area contributed by atoms with Crippen molar-refractivity contribution in [2.24, 2.45) is 11.8 Å². The normalized spacial score (nSPS) is 45.1. The highest BCUT2D eigenvalue weighted by atomic mass is 16.5. The second kappa shape index (κ2) is 1.71. The van der Waals surface area contributed by atoms with Crippen molar-refractivity contribution >= 4 is 5.97 Å². The number of nitrogens with zero attached hydrogens (tertiary/aromatic N) is 1. The van der Waals surface area contributed by atoms with Crippen molar-refractivity contribution in [2.45, 2.75) is 12.5 Å². The van der Waals surface area contributed by atoms with Crippen LogP contribution in [0.1, 0.15) is 6.42 Å². The van der Waals surface area contributed by atoms with Crippen LogP contribution < -0.4 is 0 Å². The van der Waals surface area contributed by atoms with Crippen LogP contribution in [0.4, 0.5) is 0 Å². The largest absolute Gasteiger partial charge is 0.480 e. The van der Waals surface area contributed by atoms with E-state index in [0.29, 0.717) is 12.5 Å². The SMILES string of the molecule is O=C(O)[C@@H]1C2CC2CN1O. The number of hydrogen-bond donors (Lipinski definition) is 2. The molecule has 0 radical (unpaired) electrons. The standard InChI is InChI=1S/C6H9NO3/c8-6(9)5-4-1-3(4)2-7(5)10/h3-5,10H,1-2H2,(H,8,9)/t3?,4?,5-/m0/s1. The van der Waals surface area contributed by atoms with E-state index in [4.69, 9.17) is 10.3 Å². The average molecular weight is 143 g/mol. The zero-order valence-electron chi connectivity index (χ0n) is 5.40. The molecule has 56 valence electrons. The fourth-order valence-corrected chi connectivity index (χ4v) is 1.75. The number of fused-ring (bicyclic) bond motifs is 1. The van der Waals surface area contributed by atoms with Crippen LogP contribution in [0.25, 0.3) is 0 Å². The summed E-state index contributed by atoms with van der Waals surface area (Å²) in [7, 11) is 0. The maximum atomic E-state index is 10.4. The first-order chi connectivity index (χ1) is 4.70. The Kier molecular flexibility index (Phi) is 1.04. The quantitative estimate of drug-likeness (QED) is 0.532. The van der Waals surface area contributed by atoms with Crippen LogP contribution in [0.5, 0.6) is 0 Å². The van der Waals surface area contributed by atoms with Crippen LogP contribution in [0, 0.1) is 11.8 Å². The molecule has 2 aliphatic rings. The second-order valence-electron chi connectivity index (χ2n) is 3.06. The Balaban J connectivity index is 2.12. The van der Waals surface area contributed by atoms with Gasteiger partial charge in [0.1, 0.15) is 6.04 Å². The molecule has 1 saturated carbocycles. The molecule has 0 spiro atoms. The van der Waals surface area contributed by atoms with Crippen molar-refractivity contribution < 1.29 is 15.1 Å². The number of carboxylic acid groups (broad SMARTS) is 1. The van der Waals surface area contributed by atoms with Crippen LogP contribution in [-0.2, 0) is 4.79 Å². The van der Waals surface area contributed by atoms with Crippen LogP contribution in [0.15, 0.2) is 0 Å². The molecule has 3 atom stereocenters. The lowest BCUT2D eigenvalue weighted by molar-refractivity contribution is -0.165. The molecule has 0 bridgehead atoms. The highest BCUT2D eigenvalue weighted by molar-refractivity contribution is 5.75. The van der Waals surface area contributed by atoms with E-state index in [1.165, 1.54) is 0 Å². The molecule has 0 aromatic rings. The predicted octanol–water partition coefficient (Wildman–Crippen LogP) is -0.219. The molecule has 0 aromatic carbocycles. The van der Waals surface area contributed by atoms with Gasteiger partial charge in [0.15, 0.2) is 0 Å². The summed E-state index contributed by atoms with van der Waals surface area (Å²) in [6.45, 7) is 0.543. The Morgan fingerprint density at radius 1 is 1.60 bits per heavy atom. The fourth-order valence-electron chi connectivity index (χ4n) is 1.75. The van der Waals surface area contributed by atoms with Gasteiger partial charge in [-0.05, 0) is 18.3 Å². The molecular formula is C6H9NO3. The summed E-state index contributed by atoms with van der Waals surface area (Å²) in [5.74, 6) is -0.221. The third-order valence-corrected chi connectivity index (χ3v) is 2.38. The molecule has 1 saturated heterocycles. The molecule has 2 unspecified atom stereocenters. The lowest BCUT2D eigenvalue weighted by Crippen LogP contribution is -2.36. The van der Waals surface area contributed by atoms with E-state index in [-0.39, 0.29) is 5.92 Å². The van der Waals surface area contributed by atoms with Gasteiger partial charge in [0.05, 0.1) is 0 Å². The Hall–Kier alpha value is -0.610. The highest BCUT2D eigenvalue weighted by Crippen LogP contribution is 2.48. The maximum Gasteiger partial charge on any atom is 0.323 e. The number of aliphatic carboxylic acids is 1. The topological polar surface area (TPSA) is 60.8 Å². The monoisotopic (exact) mass is 143 g/mol. The van der Waals surface area contributed by atoms with E-state index in [0.717, 1.165) is 11.5 Å². The predicted molar refractivity (Wildman–Crippen MR) is 31.5 cm³/mol. The molecule has 1 heterocycles. The Morgan fingerprint density at radius 3 is 2.60 bits per heavy atom. The Bertz CT molecular complexity index is 180. The summed E-state index contributed by atoms with van der Waals surface area (Å²) in [6, 6.07) is -0.620. The third-order valence-electron chi connectivity index (χ3n) is 2.38. The third kappa shape index (κ3) is 0.660. The van der Waals surface area contributed by atoms with E-state index in [2.05, 4.69) is 0 Å². The summed E-state index contributed by atoms with van der Waals surface area (Å²) in [6.07, 6.45) is 0.980. The van der Waals surface area contributed by atoms with Crippen molar-refractivity contribution in [3.05, 3.63) is 0 Å². The van der Waals surface area contributed by atoms with Crippen molar-refractivity contribution in [3.8, 4) is 0 Å². The average Bonchev–Trinajstić information content (AvgIpc) is 2.42. The van der Waals surface area contributed by atoms with Crippen LogP contribution in [0.2, 0.25) is 0 Å². The minimum absolute atomic E-state index is 0.225. The minimum Gasteiger partial charge on any atom is -0.480 e. The smallest absolute Gasteiger partial charge is 0.323 e. The first kappa shape index (κ1) is 6.12. The first-order valence-electron chi connectivity index (χ1n) is 3.38. The van der Waals surface area contributed by atoms with Crippen molar-refractivity contribution in [2.75, 3.05) is 6.54 Å². The van der Waals surface area contributed by atoms with Gasteiger partial charge in [0.25, 0.3) is 0 Å². The van der Waals surface area contributed by atoms with Gasteiger partial charge in [-0.3, -0.25) is 4.79 Å². The Labute approximate surface area is 58.0 Å². The van der Waals surface area contributed by atoms with E-state index < -0.39 is 12.0 Å². The van der Waals surface area contributed by atoms with Gasteiger partial charge in [-0.1, -0.05) is 0 Å². The summed E-state index contributed by atoms with van der Waals surface area (Å²) in [4.78, 5) is 10.4. The van der Waals surface area contributed by atoms with E-state index in [9.17, 15) is 4.79 Å². The molecule has 2 rings (SSSR count). The molecule has 0 amide bonds. The maximum absolute atomic E-state index is 10.4. The number of carboxylic acids is 1. The zero-order chi connectivity index (χ0) is 7.30. The van der Waals surface area contributed by atoms with Gasteiger partial charge in [-0.25, -0.2) is 0 Å². The molecule has 10 heavy (non-hydrogen) atoms. The zero-order valence-corrected chi connectivity index (χ0v) is 5.40. The van der Waals surface area contributed by atoms with Gasteiger partial charge in [-0.15, -0.1) is 0 Å². The molecule has 4 heteroatoms. The van der Waals surface area contributed by atoms with Gasteiger partial charge in [-0.2, -0.15) is 5.06 Å². The van der Waals surface area contributed by atoms with Crippen LogP contribution in [0.3, 0.4) is 0 Å². The minimum atomic E-state index is -0.896. The molecule has 2 N–H and O–H groups in total. The van der Waals surface area contributed by atoms with Crippen LogP contribution in [-0.4, -0.2) is 33.9 Å². The summed E-state index contributed by atoms with van der Waals surface area (Å²) in [5, 5.41) is 18.5. The van der Waals surface area contributed by atoms with E-state index >= 15 is 0 Å². The molecular weight excluding hydrogens is 134 g/mol. The van der Waals surface area contributed by atoms with E-state index in [1.54, 1.807) is 0 Å². The fraction of sp³-hybridized carbons (Fsp3) is 0.833. The van der Waals surface area contributed by atoms with E-state index in [1.807, 2.05) is 0 Å². The van der Waals surface area contributed by atoms with Crippen molar-refractivity contribution in [1.82, 2.24) is 5.06 Å². The Morgan fingerprint density at radius 2 is 2.30 bits per heavy atom. The number of rotatable bonds is 1. The van der Waals surface area contributed by atoms with Gasteiger partial charge >= 0.3 is 5.97 Å². The summed E-state index contributed by atoms with van der Waals surface area (Å²) >= 11 is 0. The molecule has 4 nitrogen and oxygen atoms in total. The second-order valence-corrected chi connectivity index (χ2v) is 3.06. The molecule has 1 aliphatic carbocycles. The summed E-state index contributed by atoms with van der Waals surface area (Å²) in [5.41, 5.74) is 0. The molecule has 1 aliphatic heterocycles. The lowest BCUT2D eigenvalue weighted by Gasteiger charge is -2.15. The highest BCUT2D eigenvalue weighted by Gasteiger charge is 2.55. The summed E-state index contributed by atoms with van der Waals surface area (Å²) < 4.78 is 0. The number of piperidine rings is 1. The molecule has 2 fully saturated rings. The van der Waals surface area contributed by atoms with Gasteiger partial charge in [0, 0.05) is 6.54 Å². The van der Waals surface area contributed by atoms with Gasteiger partial charge in [0.2, 0.25) is 0 Å². The lowest BCUT2D eigenvalue weighted by atomic mass is 10.2. The van der Waals surface area contributed by atoms with Gasteiger partial charge < -0.3 is 10.3 Å². The van der Waals surface area contributed by atoms with Crippen molar-refractivity contribution in [1.29, 1.82) is 0 Å². The van der Waals surface area contributed by atoms with Crippen molar-refractivity contribution in [3.63, 3.8) is 0 Å². The first-order valence-corrected chi connectivity index (χ1v) is 3.38. The van der Waals surface area contributed by atoms with Crippen LogP contribution >= 0.6 is 0 Å². The number of hydrogen-bond acceptors (Lipinski definition) is 3.